The summed E-state index contributed by atoms with van der Waals surface area (Å²) in [7, 11) is -1.62. The Morgan fingerprint density at radius 2 is 2.21 bits per heavy atom. The fourth-order valence-electron chi connectivity index (χ4n) is 1.83. The zero-order valence-electron chi connectivity index (χ0n) is 10.8. The van der Waals surface area contributed by atoms with Gasteiger partial charge >= 0.3 is 0 Å². The van der Waals surface area contributed by atoms with Gasteiger partial charge in [-0.1, -0.05) is 0 Å². The van der Waals surface area contributed by atoms with Gasteiger partial charge in [0.1, 0.15) is 5.75 Å². The van der Waals surface area contributed by atoms with Crippen molar-refractivity contribution in [1.29, 1.82) is 0 Å². The van der Waals surface area contributed by atoms with Crippen LogP contribution < -0.4 is 15.2 Å². The minimum atomic E-state index is -3.20. The number of rotatable bonds is 5. The van der Waals surface area contributed by atoms with Gasteiger partial charge in [-0.3, -0.25) is 0 Å². The van der Waals surface area contributed by atoms with Crippen LogP contribution in [0.2, 0.25) is 0 Å². The van der Waals surface area contributed by atoms with Gasteiger partial charge in [0.25, 0.3) is 0 Å². The molecule has 0 bridgehead atoms. The van der Waals surface area contributed by atoms with Gasteiger partial charge in [0.05, 0.1) is 24.4 Å². The molecular weight excluding hydrogens is 268 g/mol. The van der Waals surface area contributed by atoms with Crippen molar-refractivity contribution in [2.24, 2.45) is 0 Å². The quantitative estimate of drug-likeness (QED) is 0.815. The highest BCUT2D eigenvalue weighted by molar-refractivity contribution is 7.88. The third-order valence-electron chi connectivity index (χ3n) is 2.68. The number of nitrogens with one attached hydrogen (secondary N) is 1. The van der Waals surface area contributed by atoms with Crippen LogP contribution in [0.15, 0.2) is 18.2 Å². The number of anilines is 1. The van der Waals surface area contributed by atoms with Crippen LogP contribution in [0.1, 0.15) is 0 Å². The Bertz CT molecular complexity index is 693. The van der Waals surface area contributed by atoms with Crippen LogP contribution in [0.5, 0.6) is 5.75 Å². The molecule has 0 aliphatic carbocycles. The van der Waals surface area contributed by atoms with E-state index < -0.39 is 10.0 Å². The Balaban J connectivity index is 2.25. The number of imidazole rings is 1. The summed E-state index contributed by atoms with van der Waals surface area (Å²) in [5, 5.41) is 0. The predicted molar refractivity (Wildman–Crippen MR) is 73.5 cm³/mol. The molecule has 2 aromatic rings. The van der Waals surface area contributed by atoms with E-state index in [0.29, 0.717) is 18.2 Å². The summed E-state index contributed by atoms with van der Waals surface area (Å²) < 4.78 is 31.3. The van der Waals surface area contributed by atoms with Crippen molar-refractivity contribution < 1.29 is 13.2 Å². The first-order valence-electron chi connectivity index (χ1n) is 5.65. The zero-order chi connectivity index (χ0) is 14.0. The first-order chi connectivity index (χ1) is 8.90. The third kappa shape index (κ3) is 3.15. The van der Waals surface area contributed by atoms with Crippen molar-refractivity contribution in [3.8, 4) is 5.75 Å². The standard InChI is InChI=1S/C11H16N4O3S/c1-18-8-3-4-10-9(7-8)14-11(12)15(10)6-5-13-19(2,16)17/h3-4,7,13H,5-6H2,1-2H3,(H2,12,14). The number of benzene rings is 1. The highest BCUT2D eigenvalue weighted by Crippen LogP contribution is 2.22. The van der Waals surface area contributed by atoms with Crippen molar-refractivity contribution in [2.45, 2.75) is 6.54 Å². The summed E-state index contributed by atoms with van der Waals surface area (Å²) in [6.07, 6.45) is 1.12. The number of nitrogens with two attached hydrogens (primary N) is 1. The SMILES string of the molecule is COc1ccc2c(c1)nc(N)n2CCNS(C)(=O)=O. The molecule has 1 aromatic carbocycles. The van der Waals surface area contributed by atoms with Crippen molar-refractivity contribution in [2.75, 3.05) is 25.6 Å². The van der Waals surface area contributed by atoms with Crippen molar-refractivity contribution in [3.05, 3.63) is 18.2 Å². The summed E-state index contributed by atoms with van der Waals surface area (Å²) in [6, 6.07) is 5.44. The monoisotopic (exact) mass is 284 g/mol. The van der Waals surface area contributed by atoms with Gasteiger partial charge in [-0.25, -0.2) is 18.1 Å². The maximum absolute atomic E-state index is 11.0. The molecule has 0 saturated carbocycles. The number of hydrogen-bond acceptors (Lipinski definition) is 5. The Labute approximate surface area is 111 Å². The second-order valence-corrected chi connectivity index (χ2v) is 5.98. The van der Waals surface area contributed by atoms with E-state index in [9.17, 15) is 8.42 Å². The number of nitrogen functional groups attached to an aromatic ring is 1. The number of sulfonamides is 1. The molecule has 0 saturated heterocycles. The summed E-state index contributed by atoms with van der Waals surface area (Å²) >= 11 is 0. The molecule has 0 unspecified atom stereocenters. The molecular formula is C11H16N4O3S. The van der Waals surface area contributed by atoms with Crippen LogP contribution in [0.4, 0.5) is 5.95 Å². The van der Waals surface area contributed by atoms with E-state index in [1.165, 1.54) is 0 Å². The van der Waals surface area contributed by atoms with Gasteiger partial charge in [-0.2, -0.15) is 0 Å². The maximum Gasteiger partial charge on any atom is 0.208 e. The number of ether oxygens (including phenoxy) is 1. The summed E-state index contributed by atoms with van der Waals surface area (Å²) in [5.41, 5.74) is 7.39. The van der Waals surface area contributed by atoms with Crippen LogP contribution in [0.25, 0.3) is 11.0 Å². The molecule has 2 rings (SSSR count). The lowest BCUT2D eigenvalue weighted by atomic mass is 10.3. The average Bonchev–Trinajstić information content (AvgIpc) is 2.63. The van der Waals surface area contributed by atoms with Crippen LogP contribution in [0, 0.1) is 0 Å². The van der Waals surface area contributed by atoms with E-state index in [4.69, 9.17) is 10.5 Å². The van der Waals surface area contributed by atoms with E-state index in [-0.39, 0.29) is 6.54 Å². The van der Waals surface area contributed by atoms with Crippen LogP contribution >= 0.6 is 0 Å². The van der Waals surface area contributed by atoms with Gasteiger partial charge < -0.3 is 15.0 Å². The molecule has 7 nitrogen and oxygen atoms in total. The Morgan fingerprint density at radius 3 is 2.84 bits per heavy atom. The van der Waals surface area contributed by atoms with E-state index >= 15 is 0 Å². The molecule has 104 valence electrons. The van der Waals surface area contributed by atoms with Crippen LogP contribution in [0.3, 0.4) is 0 Å². The fourth-order valence-corrected chi connectivity index (χ4v) is 2.30. The first kappa shape index (κ1) is 13.6. The lowest BCUT2D eigenvalue weighted by Gasteiger charge is -2.07. The first-order valence-corrected chi connectivity index (χ1v) is 7.54. The summed E-state index contributed by atoms with van der Waals surface area (Å²) in [6.45, 7) is 0.683. The zero-order valence-corrected chi connectivity index (χ0v) is 11.6. The molecule has 0 spiro atoms. The number of aromatic nitrogens is 2. The van der Waals surface area contributed by atoms with E-state index in [1.54, 1.807) is 17.7 Å². The highest BCUT2D eigenvalue weighted by Gasteiger charge is 2.09. The molecule has 0 radical (unpaired) electrons. The number of nitrogens with zero attached hydrogens (tertiary/aromatic N) is 2. The highest BCUT2D eigenvalue weighted by atomic mass is 32.2. The second kappa shape index (κ2) is 5.06. The third-order valence-corrected chi connectivity index (χ3v) is 3.41. The predicted octanol–water partition coefficient (Wildman–Crippen LogP) is 0.176. The lowest BCUT2D eigenvalue weighted by molar-refractivity contribution is 0.415. The number of hydrogen-bond donors (Lipinski definition) is 2. The Hall–Kier alpha value is -1.80. The van der Waals surface area contributed by atoms with Gasteiger partial charge in [-0.15, -0.1) is 0 Å². The number of fused-ring (bicyclic) bond motifs is 1. The topological polar surface area (TPSA) is 99.2 Å². The molecule has 0 fully saturated rings. The summed E-state index contributed by atoms with van der Waals surface area (Å²) in [4.78, 5) is 4.22. The summed E-state index contributed by atoms with van der Waals surface area (Å²) in [5.74, 6) is 1.05. The molecule has 19 heavy (non-hydrogen) atoms. The molecule has 0 aliphatic rings. The smallest absolute Gasteiger partial charge is 0.208 e. The van der Waals surface area contributed by atoms with Crippen molar-refractivity contribution in [3.63, 3.8) is 0 Å². The van der Waals surface area contributed by atoms with Gasteiger partial charge in [0.15, 0.2) is 0 Å². The largest absolute Gasteiger partial charge is 0.497 e. The van der Waals surface area contributed by atoms with E-state index in [2.05, 4.69) is 9.71 Å². The normalized spacial score (nSPS) is 11.9. The molecule has 0 atom stereocenters. The van der Waals surface area contributed by atoms with Crippen molar-refractivity contribution in [1.82, 2.24) is 14.3 Å². The molecule has 3 N–H and O–H groups in total. The minimum Gasteiger partial charge on any atom is -0.497 e. The fraction of sp³-hybridized carbons (Fsp3) is 0.364. The Morgan fingerprint density at radius 1 is 1.47 bits per heavy atom. The second-order valence-electron chi connectivity index (χ2n) is 4.14. The van der Waals surface area contributed by atoms with E-state index in [0.717, 1.165) is 17.3 Å². The molecule has 1 heterocycles. The van der Waals surface area contributed by atoms with Crippen molar-refractivity contribution >= 4 is 27.0 Å². The van der Waals surface area contributed by atoms with Gasteiger partial charge in [0, 0.05) is 19.2 Å². The molecule has 8 heteroatoms. The van der Waals surface area contributed by atoms with Gasteiger partial charge in [0.2, 0.25) is 16.0 Å². The number of methoxy groups -OCH3 is 1. The molecule has 0 amide bonds. The molecule has 1 aromatic heterocycles. The lowest BCUT2D eigenvalue weighted by Crippen LogP contribution is -2.26. The maximum atomic E-state index is 11.0. The van der Waals surface area contributed by atoms with Gasteiger partial charge in [-0.05, 0) is 12.1 Å². The minimum absolute atomic E-state index is 0.264. The van der Waals surface area contributed by atoms with Crippen LogP contribution in [-0.4, -0.2) is 37.9 Å². The Kier molecular flexibility index (Phi) is 3.63. The van der Waals surface area contributed by atoms with Crippen LogP contribution in [-0.2, 0) is 16.6 Å². The van der Waals surface area contributed by atoms with E-state index in [1.807, 2.05) is 12.1 Å². The average molecular weight is 284 g/mol. The molecule has 0 aliphatic heterocycles.